The van der Waals surface area contributed by atoms with Crippen LogP contribution in [0.3, 0.4) is 0 Å². The van der Waals surface area contributed by atoms with E-state index in [1.54, 1.807) is 34.5 Å². The SMILES string of the molecule is Nc1ncc(N2CCN(C(=O)[C@@H](Cc3cc(Cl)c4[nH]ncc4c3)OC(=O)N3CCC(N4CCc5ccccc5NC4=O)CC3)CC2)cn1. The van der Waals surface area contributed by atoms with Crippen LogP contribution in [0.25, 0.3) is 10.9 Å². The van der Waals surface area contributed by atoms with Crippen LogP contribution in [0.1, 0.15) is 24.0 Å². The van der Waals surface area contributed by atoms with Gasteiger partial charge in [-0.25, -0.2) is 19.6 Å². The monoisotopic (exact) mass is 672 g/mol. The number of aromatic nitrogens is 4. The number of nitrogen functional groups attached to an aromatic ring is 1. The van der Waals surface area contributed by atoms with Crippen LogP contribution in [0.15, 0.2) is 55.0 Å². The molecule has 1 atom stereocenters. The number of nitrogens with one attached hydrogen (secondary N) is 2. The zero-order chi connectivity index (χ0) is 33.2. The Hall–Kier alpha value is -5.11. The summed E-state index contributed by atoms with van der Waals surface area (Å²) in [6.45, 7) is 3.44. The van der Waals surface area contributed by atoms with E-state index >= 15 is 0 Å². The third kappa shape index (κ3) is 6.65. The Morgan fingerprint density at radius 2 is 1.73 bits per heavy atom. The van der Waals surface area contributed by atoms with Gasteiger partial charge in [-0.1, -0.05) is 29.8 Å². The van der Waals surface area contributed by atoms with Crippen LogP contribution in [0.4, 0.5) is 26.9 Å². The maximum absolute atomic E-state index is 14.0. The highest BCUT2D eigenvalue weighted by atomic mass is 35.5. The molecule has 48 heavy (non-hydrogen) atoms. The molecular formula is C33H37ClN10O4. The molecule has 2 aromatic carbocycles. The fourth-order valence-electron chi connectivity index (χ4n) is 6.76. The summed E-state index contributed by atoms with van der Waals surface area (Å²) >= 11 is 6.51. The smallest absolute Gasteiger partial charge is 0.410 e. The van der Waals surface area contributed by atoms with Gasteiger partial charge in [0.2, 0.25) is 5.95 Å². The van der Waals surface area contributed by atoms with Crippen LogP contribution >= 0.6 is 11.6 Å². The summed E-state index contributed by atoms with van der Waals surface area (Å²) in [7, 11) is 0. The summed E-state index contributed by atoms with van der Waals surface area (Å²) in [5.41, 5.74) is 9.88. The van der Waals surface area contributed by atoms with Crippen LogP contribution in [-0.2, 0) is 22.4 Å². The first-order chi connectivity index (χ1) is 23.3. The number of halogens is 1. The van der Waals surface area contributed by atoms with E-state index in [4.69, 9.17) is 22.1 Å². The number of hydrogen-bond donors (Lipinski definition) is 3. The van der Waals surface area contributed by atoms with Crippen LogP contribution in [-0.4, -0.2) is 111 Å². The lowest BCUT2D eigenvalue weighted by atomic mass is 10.0. The Balaban J connectivity index is 1.01. The number of anilines is 3. The largest absolute Gasteiger partial charge is 0.436 e. The minimum absolute atomic E-state index is 0.00706. The predicted molar refractivity (Wildman–Crippen MR) is 181 cm³/mol. The zero-order valence-corrected chi connectivity index (χ0v) is 27.1. The van der Waals surface area contributed by atoms with E-state index in [9.17, 15) is 14.4 Å². The highest BCUT2D eigenvalue weighted by Gasteiger charge is 2.35. The molecule has 3 aliphatic rings. The first-order valence-corrected chi connectivity index (χ1v) is 16.5. The number of aromatic amines is 1. The van der Waals surface area contributed by atoms with Crippen LogP contribution in [0, 0.1) is 0 Å². The molecule has 3 aliphatic heterocycles. The number of carbonyl (C=O) groups is 3. The first kappa shape index (κ1) is 31.5. The quantitative estimate of drug-likeness (QED) is 0.278. The lowest BCUT2D eigenvalue weighted by Crippen LogP contribution is -2.54. The normalized spacial score (nSPS) is 17.9. The third-order valence-electron chi connectivity index (χ3n) is 9.42. The van der Waals surface area contributed by atoms with E-state index in [-0.39, 0.29) is 30.3 Å². The number of urea groups is 1. The first-order valence-electron chi connectivity index (χ1n) is 16.2. The van der Waals surface area contributed by atoms with E-state index in [1.807, 2.05) is 35.2 Å². The van der Waals surface area contributed by atoms with Crippen molar-refractivity contribution in [1.82, 2.24) is 34.9 Å². The Bertz CT molecular complexity index is 1800. The van der Waals surface area contributed by atoms with Gasteiger partial charge in [0.15, 0.2) is 6.10 Å². The molecule has 250 valence electrons. The number of likely N-dealkylation sites (tertiary alicyclic amines) is 1. The highest BCUT2D eigenvalue weighted by molar-refractivity contribution is 6.35. The van der Waals surface area contributed by atoms with Gasteiger partial charge >= 0.3 is 12.1 Å². The number of benzene rings is 2. The second-order valence-corrected chi connectivity index (χ2v) is 12.8. The number of piperazine rings is 1. The van der Waals surface area contributed by atoms with Crippen molar-refractivity contribution in [2.75, 3.05) is 61.8 Å². The number of rotatable bonds is 6. The van der Waals surface area contributed by atoms with Crippen molar-refractivity contribution in [3.8, 4) is 0 Å². The van der Waals surface area contributed by atoms with Crippen molar-refractivity contribution in [1.29, 1.82) is 0 Å². The topological polar surface area (TPSA) is 166 Å². The fraction of sp³-hybridized carbons (Fsp3) is 0.394. The van der Waals surface area contributed by atoms with Crippen molar-refractivity contribution in [2.45, 2.75) is 37.8 Å². The van der Waals surface area contributed by atoms with Gasteiger partial charge in [0.05, 0.1) is 34.8 Å². The number of ether oxygens (including phenoxy) is 1. The van der Waals surface area contributed by atoms with E-state index < -0.39 is 12.2 Å². The van der Waals surface area contributed by atoms with E-state index in [0.29, 0.717) is 69.2 Å². The number of para-hydroxylation sites is 1. The minimum atomic E-state index is -1.06. The van der Waals surface area contributed by atoms with Gasteiger partial charge in [-0.15, -0.1) is 0 Å². The number of nitrogens with two attached hydrogens (primary N) is 1. The number of fused-ring (bicyclic) bond motifs is 2. The molecular weight excluding hydrogens is 636 g/mol. The van der Waals surface area contributed by atoms with Gasteiger partial charge in [-0.3, -0.25) is 9.89 Å². The maximum atomic E-state index is 14.0. The standard InChI is InChI=1S/C33H37ClN10O4/c34-26-16-21(15-23-18-38-40-29(23)26)17-28(30(45)42-13-11-41(12-14-42)25-19-36-31(35)37-20-25)48-33(47)43-8-6-24(7-9-43)44-10-5-22-3-1-2-4-27(22)39-32(44)46/h1-4,15-16,18-20,24,28H,5-14,17H2,(H,38,40)(H,39,46)(H2,35,36,37)/t28-/m1/s1. The zero-order valence-electron chi connectivity index (χ0n) is 26.3. The molecule has 0 unspecified atom stereocenters. The molecule has 15 heteroatoms. The van der Waals surface area contributed by atoms with E-state index in [1.165, 1.54) is 0 Å². The summed E-state index contributed by atoms with van der Waals surface area (Å²) < 4.78 is 6.02. The highest BCUT2D eigenvalue weighted by Crippen LogP contribution is 2.27. The number of nitrogens with zero attached hydrogens (tertiary/aromatic N) is 7. The van der Waals surface area contributed by atoms with E-state index in [0.717, 1.165) is 34.3 Å². The Morgan fingerprint density at radius 1 is 0.979 bits per heavy atom. The summed E-state index contributed by atoms with van der Waals surface area (Å²) in [6, 6.07) is 11.4. The summed E-state index contributed by atoms with van der Waals surface area (Å²) in [5.74, 6) is -0.0655. The Labute approximate surface area is 282 Å². The van der Waals surface area contributed by atoms with Gasteiger partial charge in [0.25, 0.3) is 5.91 Å². The summed E-state index contributed by atoms with van der Waals surface area (Å²) in [6.07, 6.45) is 5.54. The van der Waals surface area contributed by atoms with Crippen molar-refractivity contribution >= 4 is 57.9 Å². The van der Waals surface area contributed by atoms with Gasteiger partial charge in [0, 0.05) is 69.3 Å². The molecule has 0 saturated carbocycles. The Morgan fingerprint density at radius 3 is 2.50 bits per heavy atom. The lowest BCUT2D eigenvalue weighted by molar-refractivity contribution is -0.141. The van der Waals surface area contributed by atoms with Gasteiger partial charge in [0.1, 0.15) is 0 Å². The van der Waals surface area contributed by atoms with E-state index in [2.05, 4.69) is 30.4 Å². The maximum Gasteiger partial charge on any atom is 0.410 e. The lowest BCUT2D eigenvalue weighted by Gasteiger charge is -2.39. The number of H-pyrrole nitrogens is 1. The molecule has 4 N–H and O–H groups in total. The second-order valence-electron chi connectivity index (χ2n) is 12.3. The molecule has 7 rings (SSSR count). The number of hydrogen-bond acceptors (Lipinski definition) is 9. The van der Waals surface area contributed by atoms with Gasteiger partial charge in [-0.2, -0.15) is 5.10 Å². The molecule has 0 bridgehead atoms. The molecule has 0 spiro atoms. The molecule has 14 nitrogen and oxygen atoms in total. The fourth-order valence-corrected chi connectivity index (χ4v) is 7.05. The molecule has 2 saturated heterocycles. The van der Waals surface area contributed by atoms with Crippen molar-refractivity contribution < 1.29 is 19.1 Å². The van der Waals surface area contributed by atoms with Crippen molar-refractivity contribution in [2.24, 2.45) is 0 Å². The Kier molecular flexibility index (Phi) is 8.89. The number of piperidine rings is 1. The molecule has 4 aromatic rings. The van der Waals surface area contributed by atoms with Gasteiger partial charge in [-0.05, 0) is 48.6 Å². The predicted octanol–water partition coefficient (Wildman–Crippen LogP) is 3.54. The van der Waals surface area contributed by atoms with Crippen LogP contribution < -0.4 is 16.0 Å². The molecule has 2 fully saturated rings. The van der Waals surface area contributed by atoms with Crippen LogP contribution in [0.5, 0.6) is 0 Å². The minimum Gasteiger partial charge on any atom is -0.436 e. The molecule has 2 aromatic heterocycles. The molecule has 0 aliphatic carbocycles. The van der Waals surface area contributed by atoms with Crippen molar-refractivity contribution in [3.05, 3.63) is 71.1 Å². The number of carbonyl (C=O) groups excluding carboxylic acids is 3. The summed E-state index contributed by atoms with van der Waals surface area (Å²) in [5, 5.41) is 11.3. The third-order valence-corrected chi connectivity index (χ3v) is 9.72. The summed E-state index contributed by atoms with van der Waals surface area (Å²) in [4.78, 5) is 56.2. The molecule has 4 amide bonds. The molecule has 5 heterocycles. The van der Waals surface area contributed by atoms with Gasteiger partial charge < -0.3 is 35.4 Å². The number of amides is 4. The average molecular weight is 673 g/mol. The van der Waals surface area contributed by atoms with Crippen LogP contribution in [0.2, 0.25) is 5.02 Å². The van der Waals surface area contributed by atoms with Crippen molar-refractivity contribution in [3.63, 3.8) is 0 Å². The second kappa shape index (κ2) is 13.6. The average Bonchev–Trinajstić information content (AvgIpc) is 3.52. The molecule has 0 radical (unpaired) electrons.